The SMILES string of the molecule is CC(C)OCCCNCc1ccc(N2CCOCC2)cc1. The number of anilines is 1. The number of morpholine rings is 1. The average molecular weight is 292 g/mol. The van der Waals surface area contributed by atoms with Crippen molar-refractivity contribution in [2.75, 3.05) is 44.4 Å². The van der Waals surface area contributed by atoms with E-state index in [0.29, 0.717) is 6.10 Å². The zero-order valence-electron chi connectivity index (χ0n) is 13.3. The van der Waals surface area contributed by atoms with E-state index >= 15 is 0 Å². The van der Waals surface area contributed by atoms with Gasteiger partial charge < -0.3 is 19.7 Å². The number of rotatable bonds is 8. The van der Waals surface area contributed by atoms with Crippen LogP contribution in [-0.4, -0.2) is 45.6 Å². The van der Waals surface area contributed by atoms with Crippen molar-refractivity contribution in [2.24, 2.45) is 0 Å². The Kier molecular flexibility index (Phi) is 7.00. The van der Waals surface area contributed by atoms with Crippen LogP contribution in [0.1, 0.15) is 25.8 Å². The van der Waals surface area contributed by atoms with E-state index in [-0.39, 0.29) is 0 Å². The molecule has 0 spiro atoms. The lowest BCUT2D eigenvalue weighted by Gasteiger charge is -2.28. The second kappa shape index (κ2) is 9.03. The molecule has 0 unspecified atom stereocenters. The molecule has 0 atom stereocenters. The average Bonchev–Trinajstić information content (AvgIpc) is 2.52. The predicted molar refractivity (Wildman–Crippen MR) is 86.9 cm³/mol. The second-order valence-electron chi connectivity index (χ2n) is 5.72. The van der Waals surface area contributed by atoms with E-state index < -0.39 is 0 Å². The fraction of sp³-hybridized carbons (Fsp3) is 0.647. The normalized spacial score (nSPS) is 15.7. The highest BCUT2D eigenvalue weighted by molar-refractivity contribution is 5.47. The summed E-state index contributed by atoms with van der Waals surface area (Å²) in [6.45, 7) is 10.6. The van der Waals surface area contributed by atoms with Gasteiger partial charge in [-0.3, -0.25) is 0 Å². The summed E-state index contributed by atoms with van der Waals surface area (Å²) in [5.74, 6) is 0. The molecule has 0 radical (unpaired) electrons. The molecule has 4 heteroatoms. The van der Waals surface area contributed by atoms with Crippen molar-refractivity contribution < 1.29 is 9.47 Å². The van der Waals surface area contributed by atoms with E-state index in [2.05, 4.69) is 48.3 Å². The Morgan fingerprint density at radius 3 is 2.57 bits per heavy atom. The molecular weight excluding hydrogens is 264 g/mol. The van der Waals surface area contributed by atoms with Crippen LogP contribution in [0.5, 0.6) is 0 Å². The molecule has 0 aromatic heterocycles. The summed E-state index contributed by atoms with van der Waals surface area (Å²) in [7, 11) is 0. The Morgan fingerprint density at radius 2 is 1.90 bits per heavy atom. The molecule has 1 N–H and O–H groups in total. The Hall–Kier alpha value is -1.10. The fourth-order valence-corrected chi connectivity index (χ4v) is 2.40. The number of hydrogen-bond acceptors (Lipinski definition) is 4. The second-order valence-corrected chi connectivity index (χ2v) is 5.72. The maximum Gasteiger partial charge on any atom is 0.0642 e. The maximum atomic E-state index is 5.52. The van der Waals surface area contributed by atoms with Gasteiger partial charge in [-0.05, 0) is 44.5 Å². The van der Waals surface area contributed by atoms with Gasteiger partial charge in [0.05, 0.1) is 19.3 Å². The van der Waals surface area contributed by atoms with Crippen LogP contribution >= 0.6 is 0 Å². The first-order chi connectivity index (χ1) is 10.3. The minimum Gasteiger partial charge on any atom is -0.379 e. The summed E-state index contributed by atoms with van der Waals surface area (Å²) in [5.41, 5.74) is 2.63. The van der Waals surface area contributed by atoms with Crippen molar-refractivity contribution in [2.45, 2.75) is 32.9 Å². The van der Waals surface area contributed by atoms with Crippen LogP contribution in [0.15, 0.2) is 24.3 Å². The molecule has 1 heterocycles. The summed E-state index contributed by atoms with van der Waals surface area (Å²) < 4.78 is 10.9. The molecule has 118 valence electrons. The zero-order chi connectivity index (χ0) is 14.9. The molecule has 1 aromatic rings. The highest BCUT2D eigenvalue weighted by Crippen LogP contribution is 2.16. The van der Waals surface area contributed by atoms with Gasteiger partial charge in [0.1, 0.15) is 0 Å². The molecule has 1 aromatic carbocycles. The lowest BCUT2D eigenvalue weighted by atomic mass is 10.2. The highest BCUT2D eigenvalue weighted by Gasteiger charge is 2.10. The molecule has 1 aliphatic heterocycles. The minimum absolute atomic E-state index is 0.331. The lowest BCUT2D eigenvalue weighted by molar-refractivity contribution is 0.0770. The van der Waals surface area contributed by atoms with Gasteiger partial charge in [0.15, 0.2) is 0 Å². The van der Waals surface area contributed by atoms with Crippen molar-refractivity contribution in [3.63, 3.8) is 0 Å². The van der Waals surface area contributed by atoms with Crippen molar-refractivity contribution in [1.82, 2.24) is 5.32 Å². The third-order valence-electron chi connectivity index (χ3n) is 3.59. The van der Waals surface area contributed by atoms with E-state index in [1.54, 1.807) is 0 Å². The first-order valence-electron chi connectivity index (χ1n) is 7.99. The molecule has 0 amide bonds. The van der Waals surface area contributed by atoms with Crippen LogP contribution in [0.2, 0.25) is 0 Å². The number of hydrogen-bond donors (Lipinski definition) is 1. The van der Waals surface area contributed by atoms with Gasteiger partial charge in [0.2, 0.25) is 0 Å². The fourth-order valence-electron chi connectivity index (χ4n) is 2.40. The molecule has 0 saturated carbocycles. The van der Waals surface area contributed by atoms with Crippen LogP contribution in [0.4, 0.5) is 5.69 Å². The van der Waals surface area contributed by atoms with Gasteiger partial charge in [-0.25, -0.2) is 0 Å². The third-order valence-corrected chi connectivity index (χ3v) is 3.59. The van der Waals surface area contributed by atoms with Gasteiger partial charge >= 0.3 is 0 Å². The molecule has 0 aliphatic carbocycles. The highest BCUT2D eigenvalue weighted by atomic mass is 16.5. The number of nitrogens with one attached hydrogen (secondary N) is 1. The molecule has 1 aliphatic rings. The molecule has 2 rings (SSSR count). The number of benzene rings is 1. The summed E-state index contributed by atoms with van der Waals surface area (Å²) in [5, 5.41) is 3.46. The summed E-state index contributed by atoms with van der Waals surface area (Å²) in [4.78, 5) is 2.38. The quantitative estimate of drug-likeness (QED) is 0.746. The van der Waals surface area contributed by atoms with Crippen molar-refractivity contribution >= 4 is 5.69 Å². The van der Waals surface area contributed by atoms with Gasteiger partial charge in [-0.1, -0.05) is 12.1 Å². The Morgan fingerprint density at radius 1 is 1.19 bits per heavy atom. The molecule has 4 nitrogen and oxygen atoms in total. The van der Waals surface area contributed by atoms with Crippen molar-refractivity contribution in [1.29, 1.82) is 0 Å². The van der Waals surface area contributed by atoms with Crippen molar-refractivity contribution in [3.8, 4) is 0 Å². The van der Waals surface area contributed by atoms with Crippen LogP contribution < -0.4 is 10.2 Å². The summed E-state index contributed by atoms with van der Waals surface area (Å²) >= 11 is 0. The zero-order valence-corrected chi connectivity index (χ0v) is 13.3. The molecule has 0 bridgehead atoms. The monoisotopic (exact) mass is 292 g/mol. The van der Waals surface area contributed by atoms with Gasteiger partial charge in [-0.15, -0.1) is 0 Å². The number of ether oxygens (including phenoxy) is 2. The van der Waals surface area contributed by atoms with E-state index in [4.69, 9.17) is 9.47 Å². The molecular formula is C17H28N2O2. The topological polar surface area (TPSA) is 33.7 Å². The first kappa shape index (κ1) is 16.3. The smallest absolute Gasteiger partial charge is 0.0642 e. The van der Waals surface area contributed by atoms with Crippen LogP contribution in [-0.2, 0) is 16.0 Å². The van der Waals surface area contributed by atoms with E-state index in [1.807, 2.05) is 0 Å². The molecule has 1 fully saturated rings. The maximum absolute atomic E-state index is 5.52. The van der Waals surface area contributed by atoms with E-state index in [1.165, 1.54) is 11.3 Å². The molecule has 21 heavy (non-hydrogen) atoms. The molecule has 1 saturated heterocycles. The van der Waals surface area contributed by atoms with Gasteiger partial charge in [0, 0.05) is 31.9 Å². The van der Waals surface area contributed by atoms with E-state index in [9.17, 15) is 0 Å². The first-order valence-corrected chi connectivity index (χ1v) is 7.99. The largest absolute Gasteiger partial charge is 0.379 e. The predicted octanol–water partition coefficient (Wildman–Crippen LogP) is 2.43. The van der Waals surface area contributed by atoms with E-state index in [0.717, 1.165) is 52.4 Å². The lowest BCUT2D eigenvalue weighted by Crippen LogP contribution is -2.36. The standard InChI is InChI=1S/C17H28N2O2/c1-15(2)21-11-3-8-18-14-16-4-6-17(7-5-16)19-9-12-20-13-10-19/h4-7,15,18H,3,8-14H2,1-2H3. The summed E-state index contributed by atoms with van der Waals surface area (Å²) in [6, 6.07) is 8.85. The van der Waals surface area contributed by atoms with Crippen LogP contribution in [0, 0.1) is 0 Å². The third kappa shape index (κ3) is 6.04. The van der Waals surface area contributed by atoms with Gasteiger partial charge in [0.25, 0.3) is 0 Å². The Bertz CT molecular complexity index is 386. The number of nitrogens with zero attached hydrogens (tertiary/aromatic N) is 1. The Balaban J connectivity index is 1.65. The Labute approximate surface area is 128 Å². The van der Waals surface area contributed by atoms with Gasteiger partial charge in [-0.2, -0.15) is 0 Å². The van der Waals surface area contributed by atoms with Crippen LogP contribution in [0.25, 0.3) is 0 Å². The van der Waals surface area contributed by atoms with Crippen LogP contribution in [0.3, 0.4) is 0 Å². The van der Waals surface area contributed by atoms with Crippen molar-refractivity contribution in [3.05, 3.63) is 29.8 Å². The summed E-state index contributed by atoms with van der Waals surface area (Å²) in [6.07, 6.45) is 1.39. The minimum atomic E-state index is 0.331.